The van der Waals surface area contributed by atoms with Crippen molar-refractivity contribution in [2.75, 3.05) is 30.6 Å². The summed E-state index contributed by atoms with van der Waals surface area (Å²) in [5.41, 5.74) is 5.06. The van der Waals surface area contributed by atoms with Gasteiger partial charge >= 0.3 is 0 Å². The quantitative estimate of drug-likeness (QED) is 0.395. The summed E-state index contributed by atoms with van der Waals surface area (Å²) in [7, 11) is 0.708. The van der Waals surface area contributed by atoms with E-state index in [4.69, 9.17) is 9.84 Å². The number of ether oxygens (including phenoxy) is 1. The van der Waals surface area contributed by atoms with Crippen LogP contribution in [0.1, 0.15) is 29.4 Å². The number of aryl methyl sites for hydroxylation is 1. The molecule has 10 heteroatoms. The van der Waals surface area contributed by atoms with Crippen molar-refractivity contribution in [2.45, 2.75) is 32.9 Å². The predicted molar refractivity (Wildman–Crippen MR) is 136 cm³/mol. The molecule has 0 spiro atoms. The lowest BCUT2D eigenvalue weighted by atomic mass is 10.1. The summed E-state index contributed by atoms with van der Waals surface area (Å²) >= 11 is 1.67. The van der Waals surface area contributed by atoms with Crippen molar-refractivity contribution in [3.05, 3.63) is 53.6 Å². The number of aromatic nitrogens is 4. The Bertz CT molecular complexity index is 1460. The maximum atomic E-state index is 12.0. The molecule has 4 aromatic rings. The maximum Gasteiger partial charge on any atom is 0.152 e. The van der Waals surface area contributed by atoms with Crippen molar-refractivity contribution >= 4 is 37.2 Å². The highest BCUT2D eigenvalue weighted by molar-refractivity contribution is 7.91. The first-order valence-corrected chi connectivity index (χ1v) is 13.7. The predicted octanol–water partition coefficient (Wildman–Crippen LogP) is 4.18. The summed E-state index contributed by atoms with van der Waals surface area (Å²) in [6, 6.07) is 10.0. The standard InChI is InChI=1S/C24H27N5O3S2/c1-15-20(16(2)29(27-15)18-9-10-34(30,31)13-18)12-28(3)24-23-21(25-14-26-24)11-22(33-23)17-5-7-19(32-4)8-6-17/h5-8,11,14,18H,9-10,12-13H2,1-4H3/t18-/m1/s1. The van der Waals surface area contributed by atoms with Crippen LogP contribution in [0.25, 0.3) is 20.7 Å². The van der Waals surface area contributed by atoms with E-state index in [1.807, 2.05) is 49.8 Å². The zero-order valence-corrected chi connectivity index (χ0v) is 21.3. The Morgan fingerprint density at radius 3 is 2.65 bits per heavy atom. The Morgan fingerprint density at radius 2 is 1.97 bits per heavy atom. The SMILES string of the molecule is COc1ccc(-c2cc3ncnc(N(C)Cc4c(C)nn([C@@H]5CCS(=O)(=O)C5)c4C)c3s2)cc1. The first kappa shape index (κ1) is 22.8. The van der Waals surface area contributed by atoms with Gasteiger partial charge in [-0.05, 0) is 56.2 Å². The number of benzene rings is 1. The number of anilines is 1. The zero-order chi connectivity index (χ0) is 24.0. The lowest BCUT2D eigenvalue weighted by Crippen LogP contribution is -2.19. The third-order valence-corrected chi connectivity index (χ3v) is 9.37. The minimum atomic E-state index is -2.97. The van der Waals surface area contributed by atoms with Gasteiger partial charge in [0.25, 0.3) is 0 Å². The average molecular weight is 498 g/mol. The van der Waals surface area contributed by atoms with Crippen LogP contribution in [0.15, 0.2) is 36.7 Å². The van der Waals surface area contributed by atoms with Crippen molar-refractivity contribution in [1.82, 2.24) is 19.7 Å². The molecule has 0 N–H and O–H groups in total. The normalized spacial score (nSPS) is 17.4. The van der Waals surface area contributed by atoms with E-state index in [2.05, 4.69) is 20.9 Å². The highest BCUT2D eigenvalue weighted by Crippen LogP contribution is 2.37. The molecule has 1 fully saturated rings. The summed E-state index contributed by atoms with van der Waals surface area (Å²) < 4.78 is 32.2. The van der Waals surface area contributed by atoms with Gasteiger partial charge in [0.05, 0.1) is 40.6 Å². The van der Waals surface area contributed by atoms with Crippen LogP contribution in [-0.4, -0.2) is 53.8 Å². The van der Waals surface area contributed by atoms with E-state index in [-0.39, 0.29) is 17.5 Å². The molecular weight excluding hydrogens is 470 g/mol. The largest absolute Gasteiger partial charge is 0.497 e. The Balaban J connectivity index is 1.44. The molecular formula is C24H27N5O3S2. The smallest absolute Gasteiger partial charge is 0.152 e. The maximum absolute atomic E-state index is 12.0. The van der Waals surface area contributed by atoms with Crippen LogP contribution in [0, 0.1) is 13.8 Å². The summed E-state index contributed by atoms with van der Waals surface area (Å²) in [4.78, 5) is 12.3. The molecule has 0 saturated carbocycles. The van der Waals surface area contributed by atoms with E-state index >= 15 is 0 Å². The van der Waals surface area contributed by atoms with E-state index in [0.29, 0.717) is 13.0 Å². The van der Waals surface area contributed by atoms with Crippen LogP contribution in [0.2, 0.25) is 0 Å². The second-order valence-electron chi connectivity index (χ2n) is 8.76. The van der Waals surface area contributed by atoms with Gasteiger partial charge in [0.2, 0.25) is 0 Å². The number of fused-ring (bicyclic) bond motifs is 1. The molecule has 1 saturated heterocycles. The highest BCUT2D eigenvalue weighted by Gasteiger charge is 2.31. The number of sulfone groups is 1. The van der Waals surface area contributed by atoms with Crippen molar-refractivity contribution in [3.8, 4) is 16.2 Å². The van der Waals surface area contributed by atoms with E-state index < -0.39 is 9.84 Å². The van der Waals surface area contributed by atoms with Crippen LogP contribution >= 0.6 is 11.3 Å². The van der Waals surface area contributed by atoms with Gasteiger partial charge in [-0.3, -0.25) is 4.68 Å². The van der Waals surface area contributed by atoms with Crippen LogP contribution in [0.5, 0.6) is 5.75 Å². The van der Waals surface area contributed by atoms with Gasteiger partial charge in [-0.1, -0.05) is 0 Å². The number of methoxy groups -OCH3 is 1. The van der Waals surface area contributed by atoms with Crippen LogP contribution < -0.4 is 9.64 Å². The number of rotatable bonds is 6. The van der Waals surface area contributed by atoms with Gasteiger partial charge in [0, 0.05) is 29.7 Å². The number of nitrogens with zero attached hydrogens (tertiary/aromatic N) is 5. The van der Waals surface area contributed by atoms with Crippen molar-refractivity contribution in [2.24, 2.45) is 0 Å². The monoisotopic (exact) mass is 497 g/mol. The topological polar surface area (TPSA) is 90.2 Å². The van der Waals surface area contributed by atoms with E-state index in [1.54, 1.807) is 24.8 Å². The van der Waals surface area contributed by atoms with Gasteiger partial charge in [-0.2, -0.15) is 5.10 Å². The molecule has 0 unspecified atom stereocenters. The molecule has 178 valence electrons. The van der Waals surface area contributed by atoms with Crippen molar-refractivity contribution in [3.63, 3.8) is 0 Å². The van der Waals surface area contributed by atoms with Gasteiger partial charge < -0.3 is 9.64 Å². The van der Waals surface area contributed by atoms with Crippen LogP contribution in [0.4, 0.5) is 5.82 Å². The second kappa shape index (κ2) is 8.66. The number of thiophene rings is 1. The Hall–Kier alpha value is -2.98. The summed E-state index contributed by atoms with van der Waals surface area (Å²) in [6.45, 7) is 4.63. The third-order valence-electron chi connectivity index (χ3n) is 6.45. The van der Waals surface area contributed by atoms with E-state index in [9.17, 15) is 8.42 Å². The molecule has 1 aromatic carbocycles. The Kier molecular flexibility index (Phi) is 5.81. The molecule has 5 rings (SSSR count). The minimum absolute atomic E-state index is 0.0853. The van der Waals surface area contributed by atoms with E-state index in [1.165, 1.54) is 0 Å². The first-order valence-electron chi connectivity index (χ1n) is 11.1. The molecule has 1 aliphatic heterocycles. The molecule has 0 radical (unpaired) electrons. The highest BCUT2D eigenvalue weighted by atomic mass is 32.2. The Morgan fingerprint density at radius 1 is 1.21 bits per heavy atom. The van der Waals surface area contributed by atoms with E-state index in [0.717, 1.165) is 49.2 Å². The lowest BCUT2D eigenvalue weighted by Gasteiger charge is -2.19. The molecule has 0 aliphatic carbocycles. The van der Waals surface area contributed by atoms with Gasteiger partial charge in [0.1, 0.15) is 17.9 Å². The van der Waals surface area contributed by atoms with Crippen molar-refractivity contribution in [1.29, 1.82) is 0 Å². The number of hydrogen-bond donors (Lipinski definition) is 0. The minimum Gasteiger partial charge on any atom is -0.497 e. The fourth-order valence-corrected chi connectivity index (χ4v) is 7.43. The fourth-order valence-electron chi connectivity index (χ4n) is 4.57. The second-order valence-corrected chi connectivity index (χ2v) is 12.0. The molecule has 8 nitrogen and oxygen atoms in total. The lowest BCUT2D eigenvalue weighted by molar-refractivity contribution is 0.415. The molecule has 0 bridgehead atoms. The van der Waals surface area contributed by atoms with Gasteiger partial charge in [0.15, 0.2) is 9.84 Å². The average Bonchev–Trinajstić information content (AvgIpc) is 3.50. The third kappa shape index (κ3) is 4.16. The zero-order valence-electron chi connectivity index (χ0n) is 19.6. The van der Waals surface area contributed by atoms with Crippen LogP contribution in [-0.2, 0) is 16.4 Å². The summed E-state index contributed by atoms with van der Waals surface area (Å²) in [5.74, 6) is 2.09. The molecule has 1 aliphatic rings. The molecule has 3 aromatic heterocycles. The van der Waals surface area contributed by atoms with Gasteiger partial charge in [-0.15, -0.1) is 11.3 Å². The summed E-state index contributed by atoms with van der Waals surface area (Å²) in [5, 5.41) is 4.71. The van der Waals surface area contributed by atoms with Gasteiger partial charge in [-0.25, -0.2) is 18.4 Å². The van der Waals surface area contributed by atoms with Crippen molar-refractivity contribution < 1.29 is 13.2 Å². The fraction of sp³-hybridized carbons (Fsp3) is 0.375. The number of hydrogen-bond acceptors (Lipinski definition) is 8. The molecule has 4 heterocycles. The first-order chi connectivity index (χ1) is 16.3. The Labute approximate surface area is 203 Å². The molecule has 0 amide bonds. The van der Waals surface area contributed by atoms with Crippen LogP contribution in [0.3, 0.4) is 0 Å². The molecule has 1 atom stereocenters. The molecule has 34 heavy (non-hydrogen) atoms. The summed E-state index contributed by atoms with van der Waals surface area (Å²) in [6.07, 6.45) is 2.22.